The van der Waals surface area contributed by atoms with E-state index in [0.717, 1.165) is 55.9 Å². The number of ether oxygens (including phenoxy) is 1. The molecule has 7 heteroatoms. The topological polar surface area (TPSA) is 69.2 Å². The summed E-state index contributed by atoms with van der Waals surface area (Å²) in [6, 6.07) is 4.09. The van der Waals surface area contributed by atoms with Crippen LogP contribution in [0.15, 0.2) is 18.3 Å². The molecule has 3 heterocycles. The summed E-state index contributed by atoms with van der Waals surface area (Å²) in [6.07, 6.45) is 1.76. The van der Waals surface area contributed by atoms with Gasteiger partial charge in [0.15, 0.2) is 0 Å². The van der Waals surface area contributed by atoms with Crippen molar-refractivity contribution in [1.29, 1.82) is 0 Å². The third-order valence-electron chi connectivity index (χ3n) is 5.74. The molecule has 0 bridgehead atoms. The van der Waals surface area contributed by atoms with Crippen molar-refractivity contribution in [2.24, 2.45) is 17.8 Å². The van der Waals surface area contributed by atoms with Crippen molar-refractivity contribution in [1.82, 2.24) is 19.7 Å². The summed E-state index contributed by atoms with van der Waals surface area (Å²) in [5, 5.41) is 5.37. The number of aromatic nitrogens is 3. The van der Waals surface area contributed by atoms with E-state index in [9.17, 15) is 0 Å². The monoisotopic (exact) mass is 389 g/mol. The molecule has 1 saturated carbocycles. The van der Waals surface area contributed by atoms with Gasteiger partial charge in [0, 0.05) is 56.7 Å². The van der Waals surface area contributed by atoms with E-state index < -0.39 is 0 Å². The van der Waals surface area contributed by atoms with Crippen LogP contribution in [0.1, 0.15) is 25.5 Å². The minimum atomic E-state index is 0.357. The van der Waals surface area contributed by atoms with Crippen LogP contribution in [0, 0.1) is 17.8 Å². The molecule has 1 aliphatic heterocycles. The maximum Gasteiger partial charge on any atom is 0.142 e. The highest BCUT2D eigenvalue weighted by atomic mass is 35.5. The third-order valence-corrected chi connectivity index (χ3v) is 6.04. The number of anilines is 1. The summed E-state index contributed by atoms with van der Waals surface area (Å²) in [7, 11) is 1.77. The number of methoxy groups -OCH3 is 1. The first-order chi connectivity index (χ1) is 13.0. The number of hydrogen-bond donors (Lipinski definition) is 1. The van der Waals surface area contributed by atoms with Crippen molar-refractivity contribution in [3.8, 4) is 11.3 Å². The minimum absolute atomic E-state index is 0.357. The van der Waals surface area contributed by atoms with Gasteiger partial charge in [-0.05, 0) is 29.9 Å². The summed E-state index contributed by atoms with van der Waals surface area (Å²) >= 11 is 6.17. The highest BCUT2D eigenvalue weighted by Gasteiger charge is 2.57. The number of nitrogens with two attached hydrogens (primary N) is 1. The van der Waals surface area contributed by atoms with Gasteiger partial charge in [0.25, 0.3) is 0 Å². The number of likely N-dealkylation sites (tertiary alicyclic amines) is 1. The summed E-state index contributed by atoms with van der Waals surface area (Å²) in [5.41, 5.74) is 8.96. The van der Waals surface area contributed by atoms with E-state index in [0.29, 0.717) is 22.7 Å². The zero-order valence-corrected chi connectivity index (χ0v) is 17.0. The molecule has 146 valence electrons. The first-order valence-corrected chi connectivity index (χ1v) is 10.1. The molecular formula is C20H28ClN5O. The Labute approximate surface area is 165 Å². The summed E-state index contributed by atoms with van der Waals surface area (Å²) in [4.78, 5) is 6.71. The number of pyridine rings is 1. The van der Waals surface area contributed by atoms with Crippen LogP contribution in [0.4, 0.5) is 5.82 Å². The second-order valence-electron chi connectivity index (χ2n) is 8.23. The number of nitrogen functional groups attached to an aromatic ring is 1. The second kappa shape index (κ2) is 7.41. The Kier molecular flexibility index (Phi) is 5.14. The molecule has 4 rings (SSSR count). The largest absolute Gasteiger partial charge is 0.383 e. The van der Waals surface area contributed by atoms with Crippen LogP contribution in [0.3, 0.4) is 0 Å². The standard InChI is InChI=1S/C20H28ClN5O/c1-12(2)9-26-18(19-14-10-25(4-5-27-3)11-15(14)19)7-17(24-26)13-6-16(21)20(22)23-8-13/h6-8,12,14-15,19H,4-5,9-11H2,1-3H3,(H2,22,23). The lowest BCUT2D eigenvalue weighted by atomic mass is 10.1. The maximum atomic E-state index is 6.17. The second-order valence-corrected chi connectivity index (χ2v) is 8.63. The molecular weight excluding hydrogens is 362 g/mol. The van der Waals surface area contributed by atoms with Crippen LogP contribution >= 0.6 is 11.6 Å². The molecule has 2 aromatic rings. The van der Waals surface area contributed by atoms with Gasteiger partial charge in [-0.25, -0.2) is 4.98 Å². The third kappa shape index (κ3) is 3.71. The predicted molar refractivity (Wildman–Crippen MR) is 108 cm³/mol. The molecule has 27 heavy (non-hydrogen) atoms. The number of halogens is 1. The maximum absolute atomic E-state index is 6.17. The van der Waals surface area contributed by atoms with Gasteiger partial charge in [0.05, 0.1) is 17.3 Å². The molecule has 2 aliphatic rings. The van der Waals surface area contributed by atoms with E-state index in [-0.39, 0.29) is 0 Å². The molecule has 1 saturated heterocycles. The van der Waals surface area contributed by atoms with Crippen LogP contribution in [0.5, 0.6) is 0 Å². The molecule has 2 fully saturated rings. The van der Waals surface area contributed by atoms with Gasteiger partial charge in [-0.15, -0.1) is 0 Å². The quantitative estimate of drug-likeness (QED) is 0.787. The molecule has 0 amide bonds. The van der Waals surface area contributed by atoms with Gasteiger partial charge < -0.3 is 15.4 Å². The average molecular weight is 390 g/mol. The Bertz CT molecular complexity index is 809. The van der Waals surface area contributed by atoms with Gasteiger partial charge in [-0.3, -0.25) is 4.68 Å². The number of nitrogens with zero attached hydrogens (tertiary/aromatic N) is 4. The van der Waals surface area contributed by atoms with E-state index in [1.54, 1.807) is 13.3 Å². The Morgan fingerprint density at radius 3 is 2.67 bits per heavy atom. The van der Waals surface area contributed by atoms with E-state index in [4.69, 9.17) is 27.2 Å². The first kappa shape index (κ1) is 18.7. The molecule has 0 aromatic carbocycles. The van der Waals surface area contributed by atoms with Crippen molar-refractivity contribution < 1.29 is 4.74 Å². The van der Waals surface area contributed by atoms with Crippen LogP contribution < -0.4 is 5.73 Å². The summed E-state index contributed by atoms with van der Waals surface area (Å²) in [6.45, 7) is 9.55. The van der Waals surface area contributed by atoms with Crippen molar-refractivity contribution in [3.63, 3.8) is 0 Å². The van der Waals surface area contributed by atoms with Gasteiger partial charge in [0.2, 0.25) is 0 Å². The molecule has 1 aliphatic carbocycles. The molecule has 2 unspecified atom stereocenters. The fraction of sp³-hybridized carbons (Fsp3) is 0.600. The van der Waals surface area contributed by atoms with Crippen LogP contribution in [0.2, 0.25) is 5.02 Å². The highest BCUT2D eigenvalue weighted by Crippen LogP contribution is 2.58. The van der Waals surface area contributed by atoms with Gasteiger partial charge >= 0.3 is 0 Å². The fourth-order valence-electron chi connectivity index (χ4n) is 4.38. The van der Waals surface area contributed by atoms with Gasteiger partial charge in [-0.1, -0.05) is 25.4 Å². The molecule has 0 spiro atoms. The molecule has 6 nitrogen and oxygen atoms in total. The molecule has 0 radical (unpaired) electrons. The van der Waals surface area contributed by atoms with Gasteiger partial charge in [-0.2, -0.15) is 5.10 Å². The van der Waals surface area contributed by atoms with Crippen LogP contribution in [-0.2, 0) is 11.3 Å². The van der Waals surface area contributed by atoms with E-state index in [2.05, 4.69) is 34.5 Å². The summed E-state index contributed by atoms with van der Waals surface area (Å²) in [5.74, 6) is 2.99. The Morgan fingerprint density at radius 1 is 1.30 bits per heavy atom. The Balaban J connectivity index is 1.56. The lowest BCUT2D eigenvalue weighted by Gasteiger charge is -2.19. The molecule has 2 N–H and O–H groups in total. The minimum Gasteiger partial charge on any atom is -0.383 e. The Morgan fingerprint density at radius 2 is 2.04 bits per heavy atom. The molecule has 2 atom stereocenters. The Hall–Kier alpha value is -1.63. The van der Waals surface area contributed by atoms with E-state index in [1.807, 2.05) is 6.07 Å². The van der Waals surface area contributed by atoms with Gasteiger partial charge in [0.1, 0.15) is 5.82 Å². The van der Waals surface area contributed by atoms with Crippen molar-refractivity contribution in [2.75, 3.05) is 39.1 Å². The van der Waals surface area contributed by atoms with Crippen molar-refractivity contribution in [2.45, 2.75) is 26.3 Å². The number of hydrogen-bond acceptors (Lipinski definition) is 5. The number of rotatable bonds is 7. The average Bonchev–Trinajstić information content (AvgIpc) is 2.97. The zero-order valence-electron chi connectivity index (χ0n) is 16.2. The summed E-state index contributed by atoms with van der Waals surface area (Å²) < 4.78 is 7.42. The highest BCUT2D eigenvalue weighted by molar-refractivity contribution is 6.33. The zero-order chi connectivity index (χ0) is 19.1. The lowest BCUT2D eigenvalue weighted by Crippen LogP contribution is -2.28. The number of piperidine rings is 1. The fourth-order valence-corrected chi connectivity index (χ4v) is 4.54. The normalized spacial score (nSPS) is 24.6. The predicted octanol–water partition coefficient (Wildman–Crippen LogP) is 3.13. The van der Waals surface area contributed by atoms with Crippen LogP contribution in [-0.4, -0.2) is 53.0 Å². The first-order valence-electron chi connectivity index (χ1n) is 9.68. The van der Waals surface area contributed by atoms with E-state index in [1.165, 1.54) is 5.69 Å². The molecule has 2 aromatic heterocycles. The SMILES string of the molecule is COCCN1CC2C(C1)C2c1cc(-c2cnc(N)c(Cl)c2)nn1CC(C)C. The van der Waals surface area contributed by atoms with Crippen LogP contribution in [0.25, 0.3) is 11.3 Å². The smallest absolute Gasteiger partial charge is 0.142 e. The van der Waals surface area contributed by atoms with Crippen molar-refractivity contribution in [3.05, 3.63) is 29.0 Å². The lowest BCUT2D eigenvalue weighted by molar-refractivity contribution is 0.153. The van der Waals surface area contributed by atoms with Crippen molar-refractivity contribution >= 4 is 17.4 Å². The van der Waals surface area contributed by atoms with E-state index >= 15 is 0 Å². The number of fused-ring (bicyclic) bond motifs is 1.